The summed E-state index contributed by atoms with van der Waals surface area (Å²) in [6, 6.07) is 7.64. The fourth-order valence-electron chi connectivity index (χ4n) is 2.98. The molecule has 0 saturated heterocycles. The lowest BCUT2D eigenvalue weighted by Crippen LogP contribution is -2.29. The van der Waals surface area contributed by atoms with Crippen LogP contribution in [0.25, 0.3) is 11.0 Å². The number of nitrogens with one attached hydrogen (secondary N) is 1. The molecule has 2 heterocycles. The highest BCUT2D eigenvalue weighted by Crippen LogP contribution is 2.22. The van der Waals surface area contributed by atoms with E-state index in [-0.39, 0.29) is 11.9 Å². The molecule has 0 radical (unpaired) electrons. The SMILES string of the molecule is COCCn1c([C@H](C)NC(=O)c2c(C)noc2C)nc2ccccc21. The van der Waals surface area contributed by atoms with E-state index in [2.05, 4.69) is 15.0 Å². The van der Waals surface area contributed by atoms with Gasteiger partial charge >= 0.3 is 0 Å². The fraction of sp³-hybridized carbons (Fsp3) is 0.389. The number of amides is 1. The van der Waals surface area contributed by atoms with Crippen LogP contribution in [0.4, 0.5) is 0 Å². The summed E-state index contributed by atoms with van der Waals surface area (Å²) in [6.07, 6.45) is 0. The van der Waals surface area contributed by atoms with Crippen LogP contribution >= 0.6 is 0 Å². The zero-order valence-corrected chi connectivity index (χ0v) is 14.9. The maximum atomic E-state index is 12.6. The molecule has 0 spiro atoms. The standard InChI is InChI=1S/C18H22N4O3/c1-11-16(13(3)25-21-11)18(23)19-12(2)17-20-14-7-5-6-8-15(14)22(17)9-10-24-4/h5-8,12H,9-10H2,1-4H3,(H,19,23)/t12-/m0/s1. The Kier molecular flexibility index (Phi) is 4.85. The first-order chi connectivity index (χ1) is 12.0. The van der Waals surface area contributed by atoms with Gasteiger partial charge in [0.25, 0.3) is 5.91 Å². The van der Waals surface area contributed by atoms with Gasteiger partial charge in [-0.1, -0.05) is 17.3 Å². The smallest absolute Gasteiger partial charge is 0.257 e. The minimum Gasteiger partial charge on any atom is -0.383 e. The highest BCUT2D eigenvalue weighted by molar-refractivity contribution is 5.96. The van der Waals surface area contributed by atoms with E-state index in [0.29, 0.717) is 30.2 Å². The summed E-state index contributed by atoms with van der Waals surface area (Å²) in [4.78, 5) is 17.3. The quantitative estimate of drug-likeness (QED) is 0.745. The van der Waals surface area contributed by atoms with Gasteiger partial charge in [0.05, 0.1) is 29.4 Å². The predicted octanol–water partition coefficient (Wildman–Crippen LogP) is 2.78. The summed E-state index contributed by atoms with van der Waals surface area (Å²) in [5.41, 5.74) is 2.97. The Balaban J connectivity index is 1.91. The van der Waals surface area contributed by atoms with Crippen LogP contribution in [0, 0.1) is 13.8 Å². The number of aryl methyl sites for hydroxylation is 2. The number of nitrogens with zero attached hydrogens (tertiary/aromatic N) is 3. The number of carbonyl (C=O) groups is 1. The number of imidazole rings is 1. The van der Waals surface area contributed by atoms with Gasteiger partial charge in [0.2, 0.25) is 0 Å². The van der Waals surface area contributed by atoms with E-state index in [4.69, 9.17) is 14.2 Å². The number of aromatic nitrogens is 3. The Hall–Kier alpha value is -2.67. The van der Waals surface area contributed by atoms with E-state index in [1.807, 2.05) is 31.2 Å². The molecule has 2 aromatic heterocycles. The van der Waals surface area contributed by atoms with Crippen LogP contribution in [0.2, 0.25) is 0 Å². The van der Waals surface area contributed by atoms with Crippen molar-refractivity contribution in [1.82, 2.24) is 20.0 Å². The number of fused-ring (bicyclic) bond motifs is 1. The normalized spacial score (nSPS) is 12.5. The predicted molar refractivity (Wildman–Crippen MR) is 93.5 cm³/mol. The molecule has 1 atom stereocenters. The second kappa shape index (κ2) is 7.06. The first kappa shape index (κ1) is 17.2. The van der Waals surface area contributed by atoms with Crippen molar-refractivity contribution in [2.75, 3.05) is 13.7 Å². The highest BCUT2D eigenvalue weighted by atomic mass is 16.5. The van der Waals surface area contributed by atoms with Gasteiger partial charge < -0.3 is 19.1 Å². The van der Waals surface area contributed by atoms with E-state index in [1.165, 1.54) is 0 Å². The molecule has 25 heavy (non-hydrogen) atoms. The van der Waals surface area contributed by atoms with Crippen LogP contribution in [0.5, 0.6) is 0 Å². The van der Waals surface area contributed by atoms with Gasteiger partial charge in [-0.25, -0.2) is 4.98 Å². The number of methoxy groups -OCH3 is 1. The minimum atomic E-state index is -0.273. The number of ether oxygens (including phenoxy) is 1. The number of carbonyl (C=O) groups excluding carboxylic acids is 1. The first-order valence-corrected chi connectivity index (χ1v) is 8.20. The molecule has 3 aromatic rings. The molecule has 0 aliphatic heterocycles. The third-order valence-corrected chi connectivity index (χ3v) is 4.20. The summed E-state index contributed by atoms with van der Waals surface area (Å²) in [6.45, 7) is 6.63. The lowest BCUT2D eigenvalue weighted by atomic mass is 10.2. The molecular weight excluding hydrogens is 320 g/mol. The average Bonchev–Trinajstić information content (AvgIpc) is 3.13. The van der Waals surface area contributed by atoms with Gasteiger partial charge in [0, 0.05) is 13.7 Å². The minimum absolute atomic E-state index is 0.214. The Labute approximate surface area is 146 Å². The highest BCUT2D eigenvalue weighted by Gasteiger charge is 2.22. The van der Waals surface area contributed by atoms with E-state index in [1.54, 1.807) is 21.0 Å². The number of para-hydroxylation sites is 2. The lowest BCUT2D eigenvalue weighted by molar-refractivity contribution is 0.0935. The molecule has 7 heteroatoms. The molecule has 0 bridgehead atoms. The van der Waals surface area contributed by atoms with Crippen molar-refractivity contribution < 1.29 is 14.1 Å². The Morgan fingerprint density at radius 3 is 2.80 bits per heavy atom. The number of hydrogen-bond acceptors (Lipinski definition) is 5. The van der Waals surface area contributed by atoms with Crippen molar-refractivity contribution in [1.29, 1.82) is 0 Å². The van der Waals surface area contributed by atoms with Crippen molar-refractivity contribution in [2.45, 2.75) is 33.4 Å². The number of hydrogen-bond donors (Lipinski definition) is 1. The first-order valence-electron chi connectivity index (χ1n) is 8.20. The van der Waals surface area contributed by atoms with Gasteiger partial charge in [-0.3, -0.25) is 4.79 Å². The topological polar surface area (TPSA) is 82.2 Å². The molecule has 0 aliphatic rings. The van der Waals surface area contributed by atoms with E-state index < -0.39 is 0 Å². The summed E-state index contributed by atoms with van der Waals surface area (Å²) in [5, 5.41) is 6.83. The lowest BCUT2D eigenvalue weighted by Gasteiger charge is -2.16. The van der Waals surface area contributed by atoms with Crippen molar-refractivity contribution in [3.8, 4) is 0 Å². The maximum absolute atomic E-state index is 12.6. The third-order valence-electron chi connectivity index (χ3n) is 4.20. The molecule has 7 nitrogen and oxygen atoms in total. The second-order valence-corrected chi connectivity index (χ2v) is 6.00. The average molecular weight is 342 g/mol. The van der Waals surface area contributed by atoms with Crippen molar-refractivity contribution in [2.24, 2.45) is 0 Å². The molecule has 132 valence electrons. The van der Waals surface area contributed by atoms with E-state index in [0.717, 1.165) is 16.9 Å². The fourth-order valence-corrected chi connectivity index (χ4v) is 2.98. The largest absolute Gasteiger partial charge is 0.383 e. The van der Waals surface area contributed by atoms with Gasteiger partial charge in [0.1, 0.15) is 17.1 Å². The third kappa shape index (κ3) is 3.28. The molecule has 0 unspecified atom stereocenters. The van der Waals surface area contributed by atoms with E-state index >= 15 is 0 Å². The Morgan fingerprint density at radius 2 is 2.12 bits per heavy atom. The van der Waals surface area contributed by atoms with Gasteiger partial charge in [-0.05, 0) is 32.9 Å². The zero-order chi connectivity index (χ0) is 18.0. The van der Waals surface area contributed by atoms with Crippen LogP contribution in [0.3, 0.4) is 0 Å². The summed E-state index contributed by atoms with van der Waals surface area (Å²) in [5.74, 6) is 1.09. The molecule has 0 fully saturated rings. The molecule has 1 amide bonds. The zero-order valence-electron chi connectivity index (χ0n) is 14.9. The van der Waals surface area contributed by atoms with Gasteiger partial charge in [-0.2, -0.15) is 0 Å². The summed E-state index contributed by atoms with van der Waals surface area (Å²) < 4.78 is 12.4. The molecule has 3 rings (SSSR count). The number of rotatable bonds is 6. The Morgan fingerprint density at radius 1 is 1.36 bits per heavy atom. The van der Waals surface area contributed by atoms with Crippen LogP contribution in [-0.4, -0.2) is 34.3 Å². The molecule has 0 saturated carbocycles. The van der Waals surface area contributed by atoms with Crippen LogP contribution < -0.4 is 5.32 Å². The molecule has 1 N–H and O–H groups in total. The van der Waals surface area contributed by atoms with Crippen LogP contribution in [0.15, 0.2) is 28.8 Å². The van der Waals surface area contributed by atoms with Gasteiger partial charge in [0.15, 0.2) is 0 Å². The van der Waals surface area contributed by atoms with Gasteiger partial charge in [-0.15, -0.1) is 0 Å². The van der Waals surface area contributed by atoms with Crippen molar-refractivity contribution in [3.63, 3.8) is 0 Å². The molecule has 0 aliphatic carbocycles. The van der Waals surface area contributed by atoms with Crippen LogP contribution in [-0.2, 0) is 11.3 Å². The molecular formula is C18H22N4O3. The second-order valence-electron chi connectivity index (χ2n) is 6.00. The van der Waals surface area contributed by atoms with E-state index in [9.17, 15) is 4.79 Å². The Bertz CT molecular complexity index is 877. The monoisotopic (exact) mass is 342 g/mol. The summed E-state index contributed by atoms with van der Waals surface area (Å²) >= 11 is 0. The van der Waals surface area contributed by atoms with Crippen molar-refractivity contribution in [3.05, 3.63) is 47.1 Å². The molecule has 1 aromatic carbocycles. The summed E-state index contributed by atoms with van der Waals surface area (Å²) in [7, 11) is 1.67. The number of benzene rings is 1. The van der Waals surface area contributed by atoms with Crippen molar-refractivity contribution >= 4 is 16.9 Å². The van der Waals surface area contributed by atoms with Crippen LogP contribution in [0.1, 0.15) is 40.6 Å². The maximum Gasteiger partial charge on any atom is 0.257 e.